The van der Waals surface area contributed by atoms with Gasteiger partial charge in [-0.2, -0.15) is 0 Å². The minimum absolute atomic E-state index is 0.0183. The van der Waals surface area contributed by atoms with Crippen LogP contribution in [-0.4, -0.2) is 10.9 Å². The summed E-state index contributed by atoms with van der Waals surface area (Å²) in [6.07, 6.45) is 0.334. The van der Waals surface area contributed by atoms with Crippen molar-refractivity contribution in [2.75, 3.05) is 5.32 Å². The molecule has 0 saturated heterocycles. The van der Waals surface area contributed by atoms with Crippen LogP contribution >= 0.6 is 22.6 Å². The van der Waals surface area contributed by atoms with E-state index in [9.17, 15) is 4.79 Å². The lowest BCUT2D eigenvalue weighted by atomic mass is 9.99. The lowest BCUT2D eigenvalue weighted by molar-refractivity contribution is -0.115. The fourth-order valence-corrected chi connectivity index (χ4v) is 3.31. The normalized spacial score (nSPS) is 10.7. The smallest absolute Gasteiger partial charge is 0.228 e. The highest BCUT2D eigenvalue weighted by Crippen LogP contribution is 2.23. The number of carbonyl (C=O) groups is 1. The summed E-state index contributed by atoms with van der Waals surface area (Å²) in [5.41, 5.74) is 4.85. The summed E-state index contributed by atoms with van der Waals surface area (Å²) in [4.78, 5) is 17.0. The van der Waals surface area contributed by atoms with Crippen LogP contribution in [0.5, 0.6) is 0 Å². The molecule has 3 rings (SSSR count). The van der Waals surface area contributed by atoms with Crippen LogP contribution < -0.4 is 5.32 Å². The molecule has 0 spiro atoms. The quantitative estimate of drug-likeness (QED) is 0.633. The Morgan fingerprint density at radius 1 is 1.13 bits per heavy atom. The minimum Gasteiger partial charge on any atom is -0.326 e. The molecular formula is C19H17IN2O. The Labute approximate surface area is 149 Å². The van der Waals surface area contributed by atoms with E-state index in [0.29, 0.717) is 6.42 Å². The van der Waals surface area contributed by atoms with Crippen molar-refractivity contribution in [2.24, 2.45) is 0 Å². The van der Waals surface area contributed by atoms with Crippen LogP contribution in [0.3, 0.4) is 0 Å². The number of carbonyl (C=O) groups excluding carboxylic acids is 1. The second-order valence-corrected chi connectivity index (χ2v) is 6.80. The third-order valence-electron chi connectivity index (χ3n) is 3.93. The molecule has 3 nitrogen and oxygen atoms in total. The van der Waals surface area contributed by atoms with Gasteiger partial charge in [0.15, 0.2) is 0 Å². The molecule has 0 aliphatic heterocycles. The predicted molar refractivity (Wildman–Crippen MR) is 103 cm³/mol. The number of nitrogens with one attached hydrogen (secondary N) is 1. The topological polar surface area (TPSA) is 42.0 Å². The molecule has 1 aromatic heterocycles. The lowest BCUT2D eigenvalue weighted by Gasteiger charge is -2.13. The maximum absolute atomic E-state index is 12.4. The van der Waals surface area contributed by atoms with E-state index in [4.69, 9.17) is 0 Å². The predicted octanol–water partition coefficient (Wildman–Crippen LogP) is 4.64. The Balaban J connectivity index is 1.87. The first kappa shape index (κ1) is 15.9. The number of anilines is 1. The summed E-state index contributed by atoms with van der Waals surface area (Å²) in [7, 11) is 0. The number of hydrogen-bond acceptors (Lipinski definition) is 2. The molecule has 1 amide bonds. The first-order valence-corrected chi connectivity index (χ1v) is 8.52. The zero-order valence-corrected chi connectivity index (χ0v) is 15.2. The van der Waals surface area contributed by atoms with Crippen LogP contribution in [0.1, 0.15) is 16.8 Å². The summed E-state index contributed by atoms with van der Waals surface area (Å²) in [6, 6.07) is 15.8. The number of amides is 1. The van der Waals surface area contributed by atoms with Crippen molar-refractivity contribution >= 4 is 45.1 Å². The van der Waals surface area contributed by atoms with Crippen LogP contribution in [-0.2, 0) is 11.2 Å². The van der Waals surface area contributed by atoms with Crippen molar-refractivity contribution in [2.45, 2.75) is 20.3 Å². The molecule has 0 radical (unpaired) electrons. The summed E-state index contributed by atoms with van der Waals surface area (Å²) >= 11 is 2.23. The summed E-state index contributed by atoms with van der Waals surface area (Å²) in [6.45, 7) is 4.03. The molecule has 0 atom stereocenters. The highest BCUT2D eigenvalue weighted by molar-refractivity contribution is 14.1. The van der Waals surface area contributed by atoms with Gasteiger partial charge >= 0.3 is 0 Å². The number of pyridine rings is 1. The van der Waals surface area contributed by atoms with Gasteiger partial charge < -0.3 is 5.32 Å². The van der Waals surface area contributed by atoms with E-state index in [1.165, 1.54) is 0 Å². The van der Waals surface area contributed by atoms with E-state index in [-0.39, 0.29) is 5.91 Å². The van der Waals surface area contributed by atoms with E-state index >= 15 is 0 Å². The Kier molecular flexibility index (Phi) is 4.61. The van der Waals surface area contributed by atoms with Gasteiger partial charge in [0.1, 0.15) is 0 Å². The van der Waals surface area contributed by atoms with E-state index in [1.54, 1.807) is 0 Å². The molecule has 0 aliphatic carbocycles. The molecule has 0 bridgehead atoms. The van der Waals surface area contributed by atoms with Crippen molar-refractivity contribution in [3.63, 3.8) is 0 Å². The molecular weight excluding hydrogens is 399 g/mol. The summed E-state index contributed by atoms with van der Waals surface area (Å²) in [5.74, 6) is -0.0183. The average Bonchev–Trinajstić information content (AvgIpc) is 2.51. The Bertz CT molecular complexity index is 890. The highest BCUT2D eigenvalue weighted by atomic mass is 127. The minimum atomic E-state index is -0.0183. The van der Waals surface area contributed by atoms with Crippen molar-refractivity contribution in [1.82, 2.24) is 4.98 Å². The van der Waals surface area contributed by atoms with Gasteiger partial charge in [0.25, 0.3) is 0 Å². The Morgan fingerprint density at radius 3 is 2.70 bits per heavy atom. The second kappa shape index (κ2) is 6.66. The van der Waals surface area contributed by atoms with E-state index in [0.717, 1.165) is 37.0 Å². The molecule has 23 heavy (non-hydrogen) atoms. The van der Waals surface area contributed by atoms with E-state index < -0.39 is 0 Å². The van der Waals surface area contributed by atoms with Gasteiger partial charge in [-0.1, -0.05) is 24.3 Å². The van der Waals surface area contributed by atoms with Gasteiger partial charge in [0.05, 0.1) is 11.9 Å². The zero-order valence-electron chi connectivity index (χ0n) is 13.1. The zero-order chi connectivity index (χ0) is 16.4. The first-order chi connectivity index (χ1) is 11.0. The number of benzene rings is 2. The van der Waals surface area contributed by atoms with Gasteiger partial charge in [-0.05, 0) is 71.8 Å². The summed E-state index contributed by atoms with van der Waals surface area (Å²) < 4.78 is 1.10. The van der Waals surface area contributed by atoms with Crippen molar-refractivity contribution in [3.05, 3.63) is 68.9 Å². The molecule has 0 fully saturated rings. The Morgan fingerprint density at radius 2 is 1.91 bits per heavy atom. The maximum Gasteiger partial charge on any atom is 0.228 e. The lowest BCUT2D eigenvalue weighted by Crippen LogP contribution is -2.16. The standard InChI is InChI=1S/C19H17IN2O/c1-12-16-8-3-4-9-18(16)21-13(2)17(12)11-19(23)22-15-7-5-6-14(20)10-15/h3-10H,11H2,1-2H3,(H,22,23). The number of nitrogens with zero attached hydrogens (tertiary/aromatic N) is 1. The number of rotatable bonds is 3. The van der Waals surface area contributed by atoms with Crippen molar-refractivity contribution < 1.29 is 4.79 Å². The van der Waals surface area contributed by atoms with Gasteiger partial charge in [-0.25, -0.2) is 0 Å². The number of fused-ring (bicyclic) bond motifs is 1. The van der Waals surface area contributed by atoms with Crippen molar-refractivity contribution in [1.29, 1.82) is 0 Å². The van der Waals surface area contributed by atoms with E-state index in [2.05, 4.69) is 45.9 Å². The molecule has 1 heterocycles. The number of halogens is 1. The maximum atomic E-state index is 12.4. The highest BCUT2D eigenvalue weighted by Gasteiger charge is 2.13. The largest absolute Gasteiger partial charge is 0.326 e. The number of para-hydroxylation sites is 1. The molecule has 0 unspecified atom stereocenters. The molecule has 116 valence electrons. The molecule has 1 N–H and O–H groups in total. The van der Waals surface area contributed by atoms with Gasteiger partial charge in [-0.15, -0.1) is 0 Å². The van der Waals surface area contributed by atoms with Gasteiger partial charge in [0, 0.05) is 20.3 Å². The molecule has 3 aromatic rings. The molecule has 0 saturated carbocycles. The SMILES string of the molecule is Cc1nc2ccccc2c(C)c1CC(=O)Nc1cccc(I)c1. The third-order valence-corrected chi connectivity index (χ3v) is 4.60. The molecule has 0 aliphatic rings. The Hall–Kier alpha value is -1.95. The van der Waals surface area contributed by atoms with Crippen LogP contribution in [0.4, 0.5) is 5.69 Å². The average molecular weight is 416 g/mol. The summed E-state index contributed by atoms with van der Waals surface area (Å²) in [5, 5.41) is 4.07. The number of hydrogen-bond donors (Lipinski definition) is 1. The fourth-order valence-electron chi connectivity index (χ4n) is 2.76. The number of aryl methyl sites for hydroxylation is 2. The first-order valence-electron chi connectivity index (χ1n) is 7.45. The van der Waals surface area contributed by atoms with Gasteiger partial charge in [-0.3, -0.25) is 9.78 Å². The van der Waals surface area contributed by atoms with Crippen molar-refractivity contribution in [3.8, 4) is 0 Å². The molecule has 4 heteroatoms. The van der Waals surface area contributed by atoms with Crippen LogP contribution in [0.2, 0.25) is 0 Å². The fraction of sp³-hybridized carbons (Fsp3) is 0.158. The van der Waals surface area contributed by atoms with E-state index in [1.807, 2.05) is 49.4 Å². The monoisotopic (exact) mass is 416 g/mol. The van der Waals surface area contributed by atoms with Gasteiger partial charge in [0.2, 0.25) is 5.91 Å². The van der Waals surface area contributed by atoms with Crippen LogP contribution in [0.15, 0.2) is 48.5 Å². The van der Waals surface area contributed by atoms with Crippen LogP contribution in [0, 0.1) is 17.4 Å². The number of aromatic nitrogens is 1. The third kappa shape index (κ3) is 3.52. The van der Waals surface area contributed by atoms with Crippen LogP contribution in [0.25, 0.3) is 10.9 Å². The second-order valence-electron chi connectivity index (χ2n) is 5.55. The molecule has 2 aromatic carbocycles.